The normalized spacial score (nSPS) is 27.8. The minimum absolute atomic E-state index is 0.0959. The molecule has 5 heteroatoms. The predicted molar refractivity (Wildman–Crippen MR) is 119 cm³/mol. The lowest BCUT2D eigenvalue weighted by Gasteiger charge is -2.49. The lowest BCUT2D eigenvalue weighted by molar-refractivity contribution is 0.160. The van der Waals surface area contributed by atoms with Gasteiger partial charge >= 0.3 is 0 Å². The molecule has 4 rings (SSSR count). The van der Waals surface area contributed by atoms with E-state index in [1.165, 1.54) is 0 Å². The highest BCUT2D eigenvalue weighted by Gasteiger charge is 2.39. The number of anilines is 1. The second kappa shape index (κ2) is 7.13. The molecular formula is C24H32N4O. The maximum absolute atomic E-state index is 9.67. The van der Waals surface area contributed by atoms with Crippen molar-refractivity contribution in [3.8, 4) is 0 Å². The first-order valence-electron chi connectivity index (χ1n) is 10.5. The monoisotopic (exact) mass is 392 g/mol. The lowest BCUT2D eigenvalue weighted by atomic mass is 9.79. The Morgan fingerprint density at radius 2 is 1.62 bits per heavy atom. The predicted octanol–water partition coefficient (Wildman–Crippen LogP) is 4.42. The smallest absolute Gasteiger partial charge is 0.151 e. The van der Waals surface area contributed by atoms with Crippen molar-refractivity contribution in [3.63, 3.8) is 0 Å². The third kappa shape index (κ3) is 4.30. The van der Waals surface area contributed by atoms with Gasteiger partial charge in [-0.2, -0.15) is 0 Å². The van der Waals surface area contributed by atoms with Gasteiger partial charge < -0.3 is 15.3 Å². The third-order valence-electron chi connectivity index (χ3n) is 6.19. The number of rotatable bonds is 3. The van der Waals surface area contributed by atoms with Gasteiger partial charge in [0.1, 0.15) is 5.76 Å². The van der Waals surface area contributed by atoms with Crippen molar-refractivity contribution < 1.29 is 5.11 Å². The van der Waals surface area contributed by atoms with Crippen LogP contribution in [0.2, 0.25) is 0 Å². The fraction of sp³-hybridized carbons (Fsp3) is 0.500. The summed E-state index contributed by atoms with van der Waals surface area (Å²) < 4.78 is 0. The van der Waals surface area contributed by atoms with E-state index >= 15 is 0 Å². The first kappa shape index (κ1) is 19.9. The van der Waals surface area contributed by atoms with E-state index in [2.05, 4.69) is 85.5 Å². The van der Waals surface area contributed by atoms with Gasteiger partial charge in [-0.3, -0.25) is 0 Å². The lowest BCUT2D eigenvalue weighted by Crippen LogP contribution is -2.62. The van der Waals surface area contributed by atoms with Gasteiger partial charge in [-0.25, -0.2) is 0 Å². The topological polar surface area (TPSA) is 61.3 Å². The van der Waals surface area contributed by atoms with Crippen molar-refractivity contribution in [1.82, 2.24) is 15.5 Å². The van der Waals surface area contributed by atoms with Crippen LogP contribution in [0.5, 0.6) is 0 Å². The van der Waals surface area contributed by atoms with Gasteiger partial charge in [0.05, 0.1) is 5.69 Å². The number of aliphatic hydroxyl groups excluding tert-OH is 1. The van der Waals surface area contributed by atoms with Crippen molar-refractivity contribution in [1.29, 1.82) is 0 Å². The van der Waals surface area contributed by atoms with Gasteiger partial charge in [-0.15, -0.1) is 10.2 Å². The molecule has 0 amide bonds. The average molecular weight is 393 g/mol. The molecular weight excluding hydrogens is 360 g/mol. The Morgan fingerprint density at radius 1 is 0.966 bits per heavy atom. The molecule has 1 aliphatic heterocycles. The molecule has 29 heavy (non-hydrogen) atoms. The van der Waals surface area contributed by atoms with Crippen LogP contribution < -0.4 is 10.2 Å². The quantitative estimate of drug-likeness (QED) is 0.797. The summed E-state index contributed by atoms with van der Waals surface area (Å²) in [5, 5.41) is 22.5. The van der Waals surface area contributed by atoms with E-state index in [0.29, 0.717) is 11.8 Å². The molecule has 2 unspecified atom stereocenters. The molecule has 2 aliphatic carbocycles. The van der Waals surface area contributed by atoms with E-state index in [1.54, 1.807) is 6.08 Å². The maximum atomic E-state index is 9.67. The Balaban J connectivity index is 1.50. The molecule has 0 spiro atoms. The minimum Gasteiger partial charge on any atom is -0.508 e. The van der Waals surface area contributed by atoms with Crippen LogP contribution in [0, 0.1) is 11.8 Å². The van der Waals surface area contributed by atoms with E-state index in [0.717, 1.165) is 29.9 Å². The third-order valence-corrected chi connectivity index (χ3v) is 6.19. The van der Waals surface area contributed by atoms with Crippen LogP contribution in [0.1, 0.15) is 46.2 Å². The molecule has 1 fully saturated rings. The minimum atomic E-state index is 0.0959. The van der Waals surface area contributed by atoms with Crippen molar-refractivity contribution in [2.75, 3.05) is 11.9 Å². The molecule has 5 nitrogen and oxygen atoms in total. The molecule has 2 heterocycles. The molecule has 2 atom stereocenters. The number of piperidine rings is 1. The van der Waals surface area contributed by atoms with E-state index in [4.69, 9.17) is 0 Å². The first-order valence-corrected chi connectivity index (χ1v) is 10.5. The fourth-order valence-corrected chi connectivity index (χ4v) is 5.10. The van der Waals surface area contributed by atoms with Crippen LogP contribution in [-0.2, 0) is 0 Å². The Morgan fingerprint density at radius 3 is 2.28 bits per heavy atom. The van der Waals surface area contributed by atoms with Gasteiger partial charge in [0.25, 0.3) is 0 Å². The largest absolute Gasteiger partial charge is 0.508 e. The van der Waals surface area contributed by atoms with Crippen LogP contribution in [0.15, 0.2) is 54.3 Å². The zero-order valence-electron chi connectivity index (χ0n) is 18.1. The van der Waals surface area contributed by atoms with E-state index in [9.17, 15) is 5.11 Å². The molecule has 2 N–H and O–H groups in total. The summed E-state index contributed by atoms with van der Waals surface area (Å²) in [6.07, 6.45) is 14.2. The van der Waals surface area contributed by atoms with Crippen molar-refractivity contribution in [2.45, 2.75) is 57.7 Å². The van der Waals surface area contributed by atoms with Crippen molar-refractivity contribution in [2.24, 2.45) is 11.8 Å². The zero-order chi connectivity index (χ0) is 20.8. The Hall–Kier alpha value is -2.40. The number of nitrogens with zero attached hydrogens (tertiary/aromatic N) is 3. The molecule has 0 bridgehead atoms. The van der Waals surface area contributed by atoms with Crippen LogP contribution >= 0.6 is 0 Å². The second-order valence-corrected chi connectivity index (χ2v) is 9.93. The van der Waals surface area contributed by atoms with Gasteiger partial charge in [0.15, 0.2) is 5.82 Å². The molecule has 1 aromatic heterocycles. The van der Waals surface area contributed by atoms with Crippen LogP contribution in [0.25, 0.3) is 5.57 Å². The summed E-state index contributed by atoms with van der Waals surface area (Å²) in [7, 11) is 2.13. The number of aliphatic hydroxyl groups is 1. The standard InChI is InChI=1S/C24H32N4O/c1-23(2)14-19(15-24(3,4)27-23)28(5)22-11-10-21(25-26-22)18-7-6-17-13-20(29)9-8-16(17)12-18/h6-13,16-17,19,27,29H,14-15H2,1-5H3. The highest BCUT2D eigenvalue weighted by molar-refractivity contribution is 5.74. The summed E-state index contributed by atoms with van der Waals surface area (Å²) >= 11 is 0. The number of fused-ring (bicyclic) bond motifs is 1. The Labute approximate surface area is 173 Å². The fourth-order valence-electron chi connectivity index (χ4n) is 5.10. The molecule has 3 aliphatic rings. The maximum Gasteiger partial charge on any atom is 0.151 e. The summed E-state index contributed by atoms with van der Waals surface area (Å²) in [6, 6.07) is 4.56. The molecule has 1 aromatic rings. The Bertz CT molecular complexity index is 876. The van der Waals surface area contributed by atoms with E-state index < -0.39 is 0 Å². The summed E-state index contributed by atoms with van der Waals surface area (Å²) in [4.78, 5) is 2.28. The molecule has 0 aromatic carbocycles. The average Bonchev–Trinajstić information content (AvgIpc) is 2.64. The highest BCUT2D eigenvalue weighted by Crippen LogP contribution is 2.34. The number of nitrogens with one attached hydrogen (secondary N) is 1. The highest BCUT2D eigenvalue weighted by atomic mass is 16.3. The van der Waals surface area contributed by atoms with Gasteiger partial charge in [-0.1, -0.05) is 24.3 Å². The van der Waals surface area contributed by atoms with E-state index in [1.807, 2.05) is 12.2 Å². The molecule has 1 saturated heterocycles. The number of hydrogen-bond donors (Lipinski definition) is 2. The van der Waals surface area contributed by atoms with Gasteiger partial charge in [0, 0.05) is 36.0 Å². The zero-order valence-corrected chi connectivity index (χ0v) is 18.1. The SMILES string of the molecule is CN(c1ccc(C2=CC3C=CC(O)=CC3C=C2)nn1)C1CC(C)(C)NC(C)(C)C1. The van der Waals surface area contributed by atoms with Crippen LogP contribution in [-0.4, -0.2) is 39.5 Å². The first-order chi connectivity index (χ1) is 13.6. The van der Waals surface area contributed by atoms with Gasteiger partial charge in [-0.05, 0) is 70.4 Å². The van der Waals surface area contributed by atoms with Crippen LogP contribution in [0.4, 0.5) is 5.82 Å². The number of hydrogen-bond acceptors (Lipinski definition) is 5. The number of aromatic nitrogens is 2. The summed E-state index contributed by atoms with van der Waals surface area (Å²) in [6.45, 7) is 9.08. The Kier molecular flexibility index (Phi) is 4.89. The number of allylic oxidation sites excluding steroid dienone is 7. The summed E-state index contributed by atoms with van der Waals surface area (Å²) in [5.41, 5.74) is 2.16. The van der Waals surface area contributed by atoms with Gasteiger partial charge in [0.2, 0.25) is 0 Å². The molecule has 154 valence electrons. The summed E-state index contributed by atoms with van der Waals surface area (Å²) in [5.74, 6) is 1.73. The van der Waals surface area contributed by atoms with E-state index in [-0.39, 0.29) is 22.9 Å². The second-order valence-electron chi connectivity index (χ2n) is 9.93. The van der Waals surface area contributed by atoms with Crippen molar-refractivity contribution >= 4 is 11.4 Å². The molecule has 0 saturated carbocycles. The van der Waals surface area contributed by atoms with Crippen LogP contribution in [0.3, 0.4) is 0 Å². The van der Waals surface area contributed by atoms with Crippen molar-refractivity contribution in [3.05, 3.63) is 60.0 Å². The molecule has 0 radical (unpaired) electrons.